The van der Waals surface area contributed by atoms with Crippen LogP contribution in [0.4, 0.5) is 5.82 Å². The predicted molar refractivity (Wildman–Crippen MR) is 76.4 cm³/mol. The van der Waals surface area contributed by atoms with Gasteiger partial charge in [-0.15, -0.1) is 0 Å². The van der Waals surface area contributed by atoms with Crippen LogP contribution in [0.1, 0.15) is 12.6 Å². The first-order valence-corrected chi connectivity index (χ1v) is 6.40. The zero-order chi connectivity index (χ0) is 13.1. The van der Waals surface area contributed by atoms with Gasteiger partial charge in [-0.05, 0) is 24.6 Å². The van der Waals surface area contributed by atoms with Gasteiger partial charge in [0.1, 0.15) is 5.82 Å². The highest BCUT2D eigenvalue weighted by molar-refractivity contribution is 6.35. The predicted octanol–water partition coefficient (Wildman–Crippen LogP) is 4.05. The zero-order valence-electron chi connectivity index (χ0n) is 10.2. The molecule has 0 unspecified atom stereocenters. The van der Waals surface area contributed by atoms with Crippen molar-refractivity contribution < 1.29 is 0 Å². The third-order valence-corrected chi connectivity index (χ3v) is 2.95. The van der Waals surface area contributed by atoms with Crippen molar-refractivity contribution in [1.82, 2.24) is 9.97 Å². The highest BCUT2D eigenvalue weighted by atomic mass is 35.5. The molecule has 2 rings (SSSR count). The zero-order valence-corrected chi connectivity index (χ0v) is 11.7. The first-order chi connectivity index (χ1) is 8.62. The molecule has 0 aliphatic rings. The van der Waals surface area contributed by atoms with E-state index >= 15 is 0 Å². The van der Waals surface area contributed by atoms with Crippen molar-refractivity contribution in [3.63, 3.8) is 0 Å². The van der Waals surface area contributed by atoms with Gasteiger partial charge in [-0.25, -0.2) is 9.97 Å². The molecule has 0 aliphatic heterocycles. The maximum Gasteiger partial charge on any atom is 0.161 e. The summed E-state index contributed by atoms with van der Waals surface area (Å²) in [5.41, 5.74) is 1.79. The first-order valence-electron chi connectivity index (χ1n) is 5.64. The molecule has 5 heteroatoms. The van der Waals surface area contributed by atoms with E-state index < -0.39 is 0 Å². The van der Waals surface area contributed by atoms with Gasteiger partial charge in [-0.1, -0.05) is 30.1 Å². The fraction of sp³-hybridized carbons (Fsp3) is 0.231. The van der Waals surface area contributed by atoms with Gasteiger partial charge in [-0.3, -0.25) is 0 Å². The molecular formula is C13H13Cl2N3. The quantitative estimate of drug-likeness (QED) is 0.922. The minimum Gasteiger partial charge on any atom is -0.373 e. The average molecular weight is 282 g/mol. The van der Waals surface area contributed by atoms with E-state index in [-0.39, 0.29) is 0 Å². The van der Waals surface area contributed by atoms with Crippen molar-refractivity contribution in [2.45, 2.75) is 13.3 Å². The molecule has 1 aromatic carbocycles. The third kappa shape index (κ3) is 2.92. The molecule has 0 aliphatic carbocycles. The van der Waals surface area contributed by atoms with E-state index in [0.29, 0.717) is 15.9 Å². The van der Waals surface area contributed by atoms with Crippen molar-refractivity contribution in [1.29, 1.82) is 0 Å². The van der Waals surface area contributed by atoms with Gasteiger partial charge in [0.25, 0.3) is 0 Å². The Morgan fingerprint density at radius 3 is 2.28 bits per heavy atom. The number of halogens is 2. The molecule has 0 atom stereocenters. The Morgan fingerprint density at radius 1 is 1.06 bits per heavy atom. The van der Waals surface area contributed by atoms with Crippen molar-refractivity contribution in [3.8, 4) is 11.4 Å². The second-order valence-electron chi connectivity index (χ2n) is 3.83. The minimum atomic E-state index is 0.578. The summed E-state index contributed by atoms with van der Waals surface area (Å²) in [7, 11) is 1.83. The Morgan fingerprint density at radius 2 is 1.72 bits per heavy atom. The van der Waals surface area contributed by atoms with Crippen LogP contribution in [-0.4, -0.2) is 17.0 Å². The molecule has 94 valence electrons. The summed E-state index contributed by atoms with van der Waals surface area (Å²) in [4.78, 5) is 8.90. The number of nitrogens with one attached hydrogen (secondary N) is 1. The van der Waals surface area contributed by atoms with Crippen molar-refractivity contribution in [3.05, 3.63) is 40.0 Å². The van der Waals surface area contributed by atoms with Crippen LogP contribution >= 0.6 is 23.2 Å². The SMILES string of the molecule is CCc1cc(NC)nc(-c2cc(Cl)cc(Cl)c2)n1. The number of rotatable bonds is 3. The number of aryl methyl sites for hydroxylation is 1. The van der Waals surface area contributed by atoms with Gasteiger partial charge in [0.15, 0.2) is 5.82 Å². The normalized spacial score (nSPS) is 10.4. The summed E-state index contributed by atoms with van der Waals surface area (Å²) >= 11 is 12.0. The molecule has 3 nitrogen and oxygen atoms in total. The fourth-order valence-corrected chi connectivity index (χ4v) is 2.14. The molecule has 0 radical (unpaired) electrons. The van der Waals surface area contributed by atoms with Crippen molar-refractivity contribution >= 4 is 29.0 Å². The third-order valence-electron chi connectivity index (χ3n) is 2.52. The molecule has 0 spiro atoms. The Kier molecular flexibility index (Phi) is 4.04. The summed E-state index contributed by atoms with van der Waals surface area (Å²) in [6, 6.07) is 7.23. The molecule has 0 bridgehead atoms. The maximum absolute atomic E-state index is 5.99. The average Bonchev–Trinajstić information content (AvgIpc) is 2.37. The number of benzene rings is 1. The van der Waals surface area contributed by atoms with E-state index in [1.807, 2.05) is 25.2 Å². The number of hydrogen-bond acceptors (Lipinski definition) is 3. The van der Waals surface area contributed by atoms with E-state index in [1.165, 1.54) is 0 Å². The van der Waals surface area contributed by atoms with Crippen LogP contribution in [0.3, 0.4) is 0 Å². The molecular weight excluding hydrogens is 269 g/mol. The summed E-state index contributed by atoms with van der Waals surface area (Å²) in [6.45, 7) is 2.05. The molecule has 0 saturated carbocycles. The number of aromatic nitrogens is 2. The van der Waals surface area contributed by atoms with E-state index in [9.17, 15) is 0 Å². The van der Waals surface area contributed by atoms with Gasteiger partial charge in [0, 0.05) is 34.4 Å². The molecule has 18 heavy (non-hydrogen) atoms. The molecule has 1 aromatic heterocycles. The summed E-state index contributed by atoms with van der Waals surface area (Å²) in [6.07, 6.45) is 0.846. The lowest BCUT2D eigenvalue weighted by Gasteiger charge is -2.07. The smallest absolute Gasteiger partial charge is 0.161 e. The fourth-order valence-electron chi connectivity index (χ4n) is 1.62. The summed E-state index contributed by atoms with van der Waals surface area (Å²) in [5, 5.41) is 4.18. The lowest BCUT2D eigenvalue weighted by molar-refractivity contribution is 1.01. The Bertz CT molecular complexity index is 528. The van der Waals surface area contributed by atoms with Crippen LogP contribution in [0, 0.1) is 0 Å². The van der Waals surface area contributed by atoms with Crippen LogP contribution in [0.25, 0.3) is 11.4 Å². The van der Waals surface area contributed by atoms with Gasteiger partial charge >= 0.3 is 0 Å². The first kappa shape index (κ1) is 13.1. The molecule has 0 fully saturated rings. The minimum absolute atomic E-state index is 0.578. The Hall–Kier alpha value is -1.32. The highest BCUT2D eigenvalue weighted by Crippen LogP contribution is 2.26. The molecule has 2 aromatic rings. The van der Waals surface area contributed by atoms with Crippen LogP contribution in [0.15, 0.2) is 24.3 Å². The summed E-state index contributed by atoms with van der Waals surface area (Å²) < 4.78 is 0. The molecule has 0 saturated heterocycles. The molecule has 1 N–H and O–H groups in total. The largest absolute Gasteiger partial charge is 0.373 e. The Labute approximate surface area is 116 Å². The molecule has 0 amide bonds. The van der Waals surface area contributed by atoms with Crippen LogP contribution in [0.5, 0.6) is 0 Å². The van der Waals surface area contributed by atoms with Crippen LogP contribution in [0.2, 0.25) is 10.0 Å². The van der Waals surface area contributed by atoms with E-state index in [2.05, 4.69) is 22.2 Å². The van der Waals surface area contributed by atoms with Gasteiger partial charge in [-0.2, -0.15) is 0 Å². The number of hydrogen-bond donors (Lipinski definition) is 1. The molecule has 1 heterocycles. The van der Waals surface area contributed by atoms with E-state index in [0.717, 1.165) is 23.5 Å². The van der Waals surface area contributed by atoms with Gasteiger partial charge < -0.3 is 5.32 Å². The lowest BCUT2D eigenvalue weighted by Crippen LogP contribution is -2.00. The standard InChI is InChI=1S/C13H13Cl2N3/c1-3-11-7-12(16-2)18-13(17-11)8-4-9(14)6-10(15)5-8/h4-7H,3H2,1-2H3,(H,16,17,18). The van der Waals surface area contributed by atoms with E-state index in [1.54, 1.807) is 6.07 Å². The van der Waals surface area contributed by atoms with Crippen molar-refractivity contribution in [2.24, 2.45) is 0 Å². The van der Waals surface area contributed by atoms with E-state index in [4.69, 9.17) is 23.2 Å². The second-order valence-corrected chi connectivity index (χ2v) is 4.70. The van der Waals surface area contributed by atoms with Crippen LogP contribution in [-0.2, 0) is 6.42 Å². The lowest BCUT2D eigenvalue weighted by atomic mass is 10.2. The topological polar surface area (TPSA) is 37.8 Å². The number of nitrogens with zero attached hydrogens (tertiary/aromatic N) is 2. The second kappa shape index (κ2) is 5.55. The van der Waals surface area contributed by atoms with Gasteiger partial charge in [0.05, 0.1) is 0 Å². The Balaban J connectivity index is 2.55. The van der Waals surface area contributed by atoms with Gasteiger partial charge in [0.2, 0.25) is 0 Å². The highest BCUT2D eigenvalue weighted by Gasteiger charge is 2.07. The van der Waals surface area contributed by atoms with Crippen LogP contribution < -0.4 is 5.32 Å². The number of anilines is 1. The summed E-state index contributed by atoms with van der Waals surface area (Å²) in [5.74, 6) is 1.41. The monoisotopic (exact) mass is 281 g/mol. The van der Waals surface area contributed by atoms with Crippen molar-refractivity contribution in [2.75, 3.05) is 12.4 Å². The maximum atomic E-state index is 5.99.